The van der Waals surface area contributed by atoms with E-state index in [1.807, 2.05) is 49.7 Å². The smallest absolute Gasteiger partial charge is 0.322 e. The van der Waals surface area contributed by atoms with Crippen molar-refractivity contribution in [1.82, 2.24) is 19.8 Å². The van der Waals surface area contributed by atoms with E-state index >= 15 is 0 Å². The fraction of sp³-hybridized carbons (Fsp3) is 0.562. The van der Waals surface area contributed by atoms with Crippen LogP contribution in [0, 0.1) is 13.8 Å². The highest BCUT2D eigenvalue weighted by Gasteiger charge is 2.29. The molecule has 2 aromatic heterocycles. The molecule has 1 atom stereocenters. The molecule has 2 aromatic rings. The second-order valence-corrected chi connectivity index (χ2v) is 6.48. The van der Waals surface area contributed by atoms with Gasteiger partial charge in [0.25, 0.3) is 0 Å². The summed E-state index contributed by atoms with van der Waals surface area (Å²) in [5.74, 6) is 0.888. The average molecular weight is 317 g/mol. The maximum Gasteiger partial charge on any atom is 0.322 e. The zero-order valence-corrected chi connectivity index (χ0v) is 14.0. The Morgan fingerprint density at radius 2 is 2.22 bits per heavy atom. The van der Waals surface area contributed by atoms with Crippen molar-refractivity contribution in [3.8, 4) is 0 Å². The van der Waals surface area contributed by atoms with Crippen molar-refractivity contribution in [1.29, 1.82) is 0 Å². The van der Waals surface area contributed by atoms with Crippen LogP contribution >= 0.6 is 0 Å². The molecule has 7 nitrogen and oxygen atoms in total. The Hall–Kier alpha value is -2.31. The standard InChI is InChI=1S/C16H23N5O2/c1-10(2)15-14(12(4)19-23-15)18-16(22)20-6-5-13(9-20)21-8-11(3)7-17-21/h7-8,10,13H,5-6,9H2,1-4H3,(H,18,22). The number of aryl methyl sites for hydroxylation is 2. The normalized spacial score (nSPS) is 18.0. The zero-order chi connectivity index (χ0) is 16.6. The molecule has 1 aliphatic heterocycles. The van der Waals surface area contributed by atoms with Gasteiger partial charge in [0.1, 0.15) is 11.4 Å². The maximum atomic E-state index is 12.5. The molecule has 0 bridgehead atoms. The Morgan fingerprint density at radius 1 is 1.43 bits per heavy atom. The lowest BCUT2D eigenvalue weighted by Crippen LogP contribution is -2.33. The van der Waals surface area contributed by atoms with Crippen LogP contribution in [-0.4, -0.2) is 39.0 Å². The lowest BCUT2D eigenvalue weighted by molar-refractivity contribution is 0.220. The van der Waals surface area contributed by atoms with Gasteiger partial charge in [-0.1, -0.05) is 19.0 Å². The summed E-state index contributed by atoms with van der Waals surface area (Å²) in [5, 5.41) is 11.3. The number of amides is 2. The molecule has 23 heavy (non-hydrogen) atoms. The van der Waals surface area contributed by atoms with Gasteiger partial charge in [0, 0.05) is 25.2 Å². The number of carbonyl (C=O) groups is 1. The van der Waals surface area contributed by atoms with Crippen LogP contribution < -0.4 is 5.32 Å². The molecule has 1 N–H and O–H groups in total. The summed E-state index contributed by atoms with van der Waals surface area (Å²) in [7, 11) is 0. The SMILES string of the molecule is Cc1cnn(C2CCN(C(=O)Nc3c(C)noc3C(C)C)C2)c1. The highest BCUT2D eigenvalue weighted by molar-refractivity contribution is 5.90. The van der Waals surface area contributed by atoms with Crippen molar-refractivity contribution in [3.05, 3.63) is 29.4 Å². The van der Waals surface area contributed by atoms with Gasteiger partial charge in [0.2, 0.25) is 0 Å². The van der Waals surface area contributed by atoms with Crippen molar-refractivity contribution in [2.75, 3.05) is 18.4 Å². The van der Waals surface area contributed by atoms with Crippen LogP contribution in [0.4, 0.5) is 10.5 Å². The first-order valence-corrected chi connectivity index (χ1v) is 7.98. The second-order valence-electron chi connectivity index (χ2n) is 6.48. The Morgan fingerprint density at radius 3 is 2.87 bits per heavy atom. The number of anilines is 1. The lowest BCUT2D eigenvalue weighted by atomic mass is 10.1. The van der Waals surface area contributed by atoms with Crippen LogP contribution in [0.1, 0.15) is 49.2 Å². The predicted octanol–water partition coefficient (Wildman–Crippen LogP) is 3.09. The molecule has 7 heteroatoms. The minimum Gasteiger partial charge on any atom is -0.359 e. The first-order valence-electron chi connectivity index (χ1n) is 7.98. The van der Waals surface area contributed by atoms with E-state index < -0.39 is 0 Å². The molecule has 124 valence electrons. The summed E-state index contributed by atoms with van der Waals surface area (Å²) in [4.78, 5) is 14.4. The van der Waals surface area contributed by atoms with E-state index in [-0.39, 0.29) is 18.0 Å². The highest BCUT2D eigenvalue weighted by Crippen LogP contribution is 2.28. The van der Waals surface area contributed by atoms with Gasteiger partial charge in [-0.2, -0.15) is 5.10 Å². The average Bonchev–Trinajstić information content (AvgIpc) is 3.19. The largest absolute Gasteiger partial charge is 0.359 e. The first-order chi connectivity index (χ1) is 11.0. The molecule has 1 aliphatic rings. The number of nitrogens with one attached hydrogen (secondary N) is 1. The fourth-order valence-corrected chi connectivity index (χ4v) is 2.89. The molecule has 1 saturated heterocycles. The number of rotatable bonds is 3. The number of hydrogen-bond acceptors (Lipinski definition) is 4. The van der Waals surface area contributed by atoms with Gasteiger partial charge in [0.05, 0.1) is 12.2 Å². The summed E-state index contributed by atoms with van der Waals surface area (Å²) in [6.07, 6.45) is 4.78. The molecule has 0 radical (unpaired) electrons. The Labute approximate surface area is 135 Å². The van der Waals surface area contributed by atoms with Crippen molar-refractivity contribution < 1.29 is 9.32 Å². The summed E-state index contributed by atoms with van der Waals surface area (Å²) >= 11 is 0. The van der Waals surface area contributed by atoms with Crippen molar-refractivity contribution >= 4 is 11.7 Å². The number of hydrogen-bond donors (Lipinski definition) is 1. The minimum atomic E-state index is -0.107. The fourth-order valence-electron chi connectivity index (χ4n) is 2.89. The number of urea groups is 1. The van der Waals surface area contributed by atoms with E-state index in [0.717, 1.165) is 18.5 Å². The topological polar surface area (TPSA) is 76.2 Å². The van der Waals surface area contributed by atoms with Crippen LogP contribution in [0.3, 0.4) is 0 Å². The lowest BCUT2D eigenvalue weighted by Gasteiger charge is -2.18. The van der Waals surface area contributed by atoms with Gasteiger partial charge >= 0.3 is 6.03 Å². The van der Waals surface area contributed by atoms with Gasteiger partial charge in [-0.15, -0.1) is 0 Å². The van der Waals surface area contributed by atoms with Crippen molar-refractivity contribution in [2.45, 2.75) is 46.1 Å². The van der Waals surface area contributed by atoms with Gasteiger partial charge in [-0.3, -0.25) is 4.68 Å². The molecule has 1 fully saturated rings. The Bertz CT molecular complexity index is 703. The van der Waals surface area contributed by atoms with Crippen LogP contribution in [0.2, 0.25) is 0 Å². The number of aromatic nitrogens is 3. The molecule has 0 spiro atoms. The van der Waals surface area contributed by atoms with E-state index in [0.29, 0.717) is 23.7 Å². The molecule has 2 amide bonds. The van der Waals surface area contributed by atoms with Crippen LogP contribution in [0.25, 0.3) is 0 Å². The van der Waals surface area contributed by atoms with Gasteiger partial charge in [0.15, 0.2) is 5.76 Å². The number of carbonyl (C=O) groups excluding carboxylic acids is 1. The van der Waals surface area contributed by atoms with E-state index in [4.69, 9.17) is 4.52 Å². The first kappa shape index (κ1) is 15.6. The quantitative estimate of drug-likeness (QED) is 0.944. The van der Waals surface area contributed by atoms with Gasteiger partial charge in [-0.05, 0) is 25.8 Å². The molecule has 3 rings (SSSR count). The minimum absolute atomic E-state index is 0.107. The predicted molar refractivity (Wildman–Crippen MR) is 86.5 cm³/mol. The van der Waals surface area contributed by atoms with Crippen LogP contribution in [0.15, 0.2) is 16.9 Å². The molecule has 0 aromatic carbocycles. The molecule has 3 heterocycles. The molecule has 0 saturated carbocycles. The number of likely N-dealkylation sites (tertiary alicyclic amines) is 1. The van der Waals surface area contributed by atoms with Crippen molar-refractivity contribution in [2.24, 2.45) is 0 Å². The third kappa shape index (κ3) is 3.09. The molecular weight excluding hydrogens is 294 g/mol. The van der Waals surface area contributed by atoms with Gasteiger partial charge in [-0.25, -0.2) is 4.79 Å². The highest BCUT2D eigenvalue weighted by atomic mass is 16.5. The Balaban J connectivity index is 1.67. The van der Waals surface area contributed by atoms with Gasteiger partial charge < -0.3 is 14.7 Å². The Kier molecular flexibility index (Phi) is 4.11. The van der Waals surface area contributed by atoms with E-state index in [1.165, 1.54) is 0 Å². The molecule has 0 aliphatic carbocycles. The summed E-state index contributed by atoms with van der Waals surface area (Å²) < 4.78 is 7.27. The summed E-state index contributed by atoms with van der Waals surface area (Å²) in [6.45, 7) is 9.27. The van der Waals surface area contributed by atoms with E-state index in [2.05, 4.69) is 15.6 Å². The monoisotopic (exact) mass is 317 g/mol. The van der Waals surface area contributed by atoms with E-state index in [1.54, 1.807) is 0 Å². The number of nitrogens with zero attached hydrogens (tertiary/aromatic N) is 4. The van der Waals surface area contributed by atoms with Crippen molar-refractivity contribution in [3.63, 3.8) is 0 Å². The maximum absolute atomic E-state index is 12.5. The summed E-state index contributed by atoms with van der Waals surface area (Å²) in [5.41, 5.74) is 2.54. The third-order valence-corrected chi connectivity index (χ3v) is 4.20. The zero-order valence-electron chi connectivity index (χ0n) is 14.0. The summed E-state index contributed by atoms with van der Waals surface area (Å²) in [6, 6.07) is 0.132. The second kappa shape index (κ2) is 6.06. The molecular formula is C16H23N5O2. The third-order valence-electron chi connectivity index (χ3n) is 4.20. The van der Waals surface area contributed by atoms with Crippen LogP contribution in [0.5, 0.6) is 0 Å². The van der Waals surface area contributed by atoms with E-state index in [9.17, 15) is 4.79 Å². The van der Waals surface area contributed by atoms with Crippen LogP contribution in [-0.2, 0) is 0 Å². The molecule has 1 unspecified atom stereocenters.